The minimum atomic E-state index is -0.968. The van der Waals surface area contributed by atoms with Gasteiger partial charge in [0.2, 0.25) is 0 Å². The van der Waals surface area contributed by atoms with Gasteiger partial charge >= 0.3 is 12.0 Å². The molecule has 1 aliphatic heterocycles. The lowest BCUT2D eigenvalue weighted by Gasteiger charge is -2.29. The molecule has 0 saturated carbocycles. The smallest absolute Gasteiger partial charge is 0.323 e. The molecule has 0 aromatic heterocycles. The van der Waals surface area contributed by atoms with E-state index in [1.54, 1.807) is 18.9 Å². The maximum Gasteiger partial charge on any atom is 0.323 e. The van der Waals surface area contributed by atoms with E-state index in [1.807, 2.05) is 11.8 Å². The average molecular weight is 246 g/mol. The van der Waals surface area contributed by atoms with Gasteiger partial charge in [-0.15, -0.1) is 0 Å². The number of aliphatic carboxylic acids is 1. The zero-order valence-corrected chi connectivity index (χ0v) is 10.5. The summed E-state index contributed by atoms with van der Waals surface area (Å²) >= 11 is 1.83. The number of rotatable bonds is 4. The molecule has 0 aromatic rings. The Bertz CT molecular complexity index is 267. The van der Waals surface area contributed by atoms with Crippen LogP contribution in [0.2, 0.25) is 0 Å². The largest absolute Gasteiger partial charge is 0.480 e. The molecule has 6 heteroatoms. The van der Waals surface area contributed by atoms with Crippen LogP contribution < -0.4 is 0 Å². The van der Waals surface area contributed by atoms with E-state index in [4.69, 9.17) is 5.11 Å². The molecule has 92 valence electrons. The van der Waals surface area contributed by atoms with Crippen molar-refractivity contribution < 1.29 is 14.7 Å². The minimum absolute atomic E-state index is 0.183. The van der Waals surface area contributed by atoms with Crippen molar-refractivity contribution in [1.82, 2.24) is 9.80 Å². The summed E-state index contributed by atoms with van der Waals surface area (Å²) in [6.07, 6.45) is 0.998. The van der Waals surface area contributed by atoms with E-state index in [9.17, 15) is 9.59 Å². The van der Waals surface area contributed by atoms with Gasteiger partial charge in [-0.2, -0.15) is 11.8 Å². The molecule has 1 rings (SSSR count). The number of thioether (sulfide) groups is 1. The van der Waals surface area contributed by atoms with Crippen molar-refractivity contribution in [3.05, 3.63) is 0 Å². The van der Waals surface area contributed by atoms with Crippen LogP contribution in [0.15, 0.2) is 0 Å². The van der Waals surface area contributed by atoms with Gasteiger partial charge in [-0.25, -0.2) is 4.79 Å². The Morgan fingerprint density at radius 3 is 2.62 bits per heavy atom. The number of carboxylic acids is 1. The van der Waals surface area contributed by atoms with Crippen LogP contribution >= 0.6 is 11.8 Å². The second-order valence-corrected chi connectivity index (χ2v) is 4.97. The Morgan fingerprint density at radius 1 is 1.50 bits per heavy atom. The van der Waals surface area contributed by atoms with Gasteiger partial charge in [0.25, 0.3) is 0 Å². The van der Waals surface area contributed by atoms with E-state index in [2.05, 4.69) is 0 Å². The van der Waals surface area contributed by atoms with E-state index in [0.717, 1.165) is 17.9 Å². The summed E-state index contributed by atoms with van der Waals surface area (Å²) in [6, 6.07) is 0.0674. The normalized spacial score (nSPS) is 19.5. The summed E-state index contributed by atoms with van der Waals surface area (Å²) in [6.45, 7) is 1.99. The van der Waals surface area contributed by atoms with Crippen LogP contribution in [0, 0.1) is 0 Å². The highest BCUT2D eigenvalue weighted by Gasteiger charge is 2.27. The van der Waals surface area contributed by atoms with E-state index in [0.29, 0.717) is 6.54 Å². The van der Waals surface area contributed by atoms with Gasteiger partial charge < -0.3 is 14.9 Å². The van der Waals surface area contributed by atoms with Crippen molar-refractivity contribution in [1.29, 1.82) is 0 Å². The number of urea groups is 1. The molecule has 1 N–H and O–H groups in total. The molecule has 16 heavy (non-hydrogen) atoms. The van der Waals surface area contributed by atoms with Gasteiger partial charge in [-0.3, -0.25) is 4.79 Å². The van der Waals surface area contributed by atoms with E-state index in [1.165, 1.54) is 4.90 Å². The SMILES string of the molecule is CCN(CC(=O)O)C(=O)N(C)C1CCSC1. The van der Waals surface area contributed by atoms with Crippen molar-refractivity contribution in [3.8, 4) is 0 Å². The number of carbonyl (C=O) groups excluding carboxylic acids is 1. The van der Waals surface area contributed by atoms with Crippen molar-refractivity contribution >= 4 is 23.8 Å². The predicted molar refractivity (Wildman–Crippen MR) is 63.8 cm³/mol. The first-order valence-corrected chi connectivity index (χ1v) is 6.53. The first kappa shape index (κ1) is 13.2. The quantitative estimate of drug-likeness (QED) is 0.802. The maximum absolute atomic E-state index is 12.0. The molecule has 5 nitrogen and oxygen atoms in total. The summed E-state index contributed by atoms with van der Waals surface area (Å²) in [5, 5.41) is 8.69. The molecule has 0 bridgehead atoms. The summed E-state index contributed by atoms with van der Waals surface area (Å²) in [4.78, 5) is 25.6. The molecule has 1 saturated heterocycles. The third-order valence-corrected chi connectivity index (χ3v) is 3.88. The molecule has 0 radical (unpaired) electrons. The van der Waals surface area contributed by atoms with Gasteiger partial charge in [0.1, 0.15) is 6.54 Å². The fraction of sp³-hybridized carbons (Fsp3) is 0.800. The summed E-state index contributed by atoms with van der Waals surface area (Å²) < 4.78 is 0. The van der Waals surface area contributed by atoms with Crippen LogP contribution in [0.5, 0.6) is 0 Å². The van der Waals surface area contributed by atoms with Gasteiger partial charge in [0.05, 0.1) is 0 Å². The standard InChI is InChI=1S/C10H18N2O3S/c1-3-12(6-9(13)14)10(15)11(2)8-4-5-16-7-8/h8H,3-7H2,1-2H3,(H,13,14). The van der Waals surface area contributed by atoms with Gasteiger partial charge in [0, 0.05) is 25.4 Å². The van der Waals surface area contributed by atoms with Gasteiger partial charge in [-0.1, -0.05) is 0 Å². The predicted octanol–water partition coefficient (Wildman–Crippen LogP) is 0.950. The van der Waals surface area contributed by atoms with Crippen molar-refractivity contribution in [2.24, 2.45) is 0 Å². The topological polar surface area (TPSA) is 60.9 Å². The van der Waals surface area contributed by atoms with E-state index >= 15 is 0 Å². The van der Waals surface area contributed by atoms with Crippen LogP contribution in [-0.4, -0.2) is 64.6 Å². The summed E-state index contributed by atoms with van der Waals surface area (Å²) in [7, 11) is 1.75. The molecule has 0 aliphatic carbocycles. The Hall–Kier alpha value is -0.910. The number of hydrogen-bond donors (Lipinski definition) is 1. The lowest BCUT2D eigenvalue weighted by atomic mass is 10.2. The number of likely N-dealkylation sites (N-methyl/N-ethyl adjacent to an activating group) is 1. The highest BCUT2D eigenvalue weighted by atomic mass is 32.2. The Labute approximate surface area is 99.8 Å². The lowest BCUT2D eigenvalue weighted by Crippen LogP contribution is -2.47. The lowest BCUT2D eigenvalue weighted by molar-refractivity contribution is -0.137. The Morgan fingerprint density at radius 2 is 2.19 bits per heavy atom. The molecule has 1 atom stereocenters. The van der Waals surface area contributed by atoms with Crippen molar-refractivity contribution in [2.45, 2.75) is 19.4 Å². The fourth-order valence-electron chi connectivity index (χ4n) is 1.68. The monoisotopic (exact) mass is 246 g/mol. The molecular weight excluding hydrogens is 228 g/mol. The van der Waals surface area contributed by atoms with Crippen LogP contribution in [0.4, 0.5) is 4.79 Å². The molecule has 0 aromatic carbocycles. The molecule has 1 heterocycles. The van der Waals surface area contributed by atoms with E-state index < -0.39 is 5.97 Å². The third-order valence-electron chi connectivity index (χ3n) is 2.73. The van der Waals surface area contributed by atoms with Gasteiger partial charge in [0.15, 0.2) is 0 Å². The van der Waals surface area contributed by atoms with Crippen LogP contribution in [0.3, 0.4) is 0 Å². The molecule has 2 amide bonds. The second-order valence-electron chi connectivity index (χ2n) is 3.82. The molecule has 1 unspecified atom stereocenters. The Kier molecular flexibility index (Phi) is 4.92. The number of amides is 2. The number of nitrogens with zero attached hydrogens (tertiary/aromatic N) is 2. The van der Waals surface area contributed by atoms with Crippen molar-refractivity contribution in [2.75, 3.05) is 31.6 Å². The van der Waals surface area contributed by atoms with Crippen molar-refractivity contribution in [3.63, 3.8) is 0 Å². The number of carboxylic acid groups (broad SMARTS) is 1. The van der Waals surface area contributed by atoms with Gasteiger partial charge in [-0.05, 0) is 19.1 Å². The highest BCUT2D eigenvalue weighted by molar-refractivity contribution is 7.99. The minimum Gasteiger partial charge on any atom is -0.480 e. The zero-order valence-electron chi connectivity index (χ0n) is 9.68. The molecule has 1 aliphatic rings. The fourth-order valence-corrected chi connectivity index (χ4v) is 2.95. The number of hydrogen-bond acceptors (Lipinski definition) is 3. The van der Waals surface area contributed by atoms with Crippen LogP contribution in [-0.2, 0) is 4.79 Å². The maximum atomic E-state index is 12.0. The van der Waals surface area contributed by atoms with Crippen LogP contribution in [0.25, 0.3) is 0 Å². The first-order valence-electron chi connectivity index (χ1n) is 5.37. The summed E-state index contributed by atoms with van der Waals surface area (Å²) in [5.41, 5.74) is 0. The molecule has 0 spiro atoms. The summed E-state index contributed by atoms with van der Waals surface area (Å²) in [5.74, 6) is 1.06. The molecular formula is C10H18N2O3S. The number of carbonyl (C=O) groups is 2. The van der Waals surface area contributed by atoms with E-state index in [-0.39, 0.29) is 18.6 Å². The third kappa shape index (κ3) is 3.30. The Balaban J connectivity index is 2.55. The average Bonchev–Trinajstić information content (AvgIpc) is 2.76. The zero-order chi connectivity index (χ0) is 12.1. The first-order chi connectivity index (χ1) is 7.56. The second kappa shape index (κ2) is 5.98. The highest BCUT2D eigenvalue weighted by Crippen LogP contribution is 2.22. The molecule has 1 fully saturated rings. The van der Waals surface area contributed by atoms with Crippen LogP contribution in [0.1, 0.15) is 13.3 Å².